The third-order valence-electron chi connectivity index (χ3n) is 2.96. The minimum absolute atomic E-state index is 0.265. The smallest absolute Gasteiger partial charge is 0.326 e. The number of carbonyl (C=O) groups is 2. The molecule has 1 aromatic rings. The normalized spacial score (nSPS) is 13.5. The molecule has 0 heterocycles. The molecule has 2 unspecified atom stereocenters. The van der Waals surface area contributed by atoms with E-state index in [1.807, 2.05) is 19.1 Å². The van der Waals surface area contributed by atoms with E-state index in [4.69, 9.17) is 16.7 Å². The van der Waals surface area contributed by atoms with Gasteiger partial charge in [0, 0.05) is 9.92 Å². The Morgan fingerprint density at radius 1 is 1.33 bits per heavy atom. The SMILES string of the molecule is CCCCC(NC(=O)C(C)Sc1ccc(Cl)cc1)C(=O)O. The number of hydrogen-bond acceptors (Lipinski definition) is 3. The molecule has 1 rings (SSSR count). The fourth-order valence-electron chi connectivity index (χ4n) is 1.73. The first-order valence-corrected chi connectivity index (χ1v) is 8.15. The Bertz CT molecular complexity index is 478. The molecule has 0 bridgehead atoms. The molecule has 0 fully saturated rings. The fourth-order valence-corrected chi connectivity index (χ4v) is 2.73. The number of carbonyl (C=O) groups excluding carboxylic acids is 1. The van der Waals surface area contributed by atoms with Gasteiger partial charge in [0.05, 0.1) is 5.25 Å². The second-order valence-electron chi connectivity index (χ2n) is 4.76. The van der Waals surface area contributed by atoms with Crippen LogP contribution in [0.5, 0.6) is 0 Å². The standard InChI is InChI=1S/C15H20ClNO3S/c1-3-4-5-13(15(19)20)17-14(18)10(2)21-12-8-6-11(16)7-9-12/h6-10,13H,3-5H2,1-2H3,(H,17,18)(H,19,20). The number of thioether (sulfide) groups is 1. The summed E-state index contributed by atoms with van der Waals surface area (Å²) >= 11 is 7.18. The molecule has 0 aliphatic heterocycles. The molecular weight excluding hydrogens is 310 g/mol. The summed E-state index contributed by atoms with van der Waals surface area (Å²) in [6, 6.07) is 6.38. The van der Waals surface area contributed by atoms with E-state index in [0.717, 1.165) is 17.7 Å². The number of carboxylic acids is 1. The Labute approximate surface area is 134 Å². The number of aliphatic carboxylic acids is 1. The Morgan fingerprint density at radius 2 is 1.95 bits per heavy atom. The van der Waals surface area contributed by atoms with E-state index in [0.29, 0.717) is 11.4 Å². The Hall–Kier alpha value is -1.20. The maximum atomic E-state index is 12.1. The van der Waals surface area contributed by atoms with Gasteiger partial charge in [-0.2, -0.15) is 0 Å². The predicted octanol–water partition coefficient (Wildman–Crippen LogP) is 3.58. The number of halogens is 1. The second kappa shape index (κ2) is 8.95. The zero-order chi connectivity index (χ0) is 15.8. The van der Waals surface area contributed by atoms with Gasteiger partial charge >= 0.3 is 5.97 Å². The molecule has 0 aliphatic rings. The number of hydrogen-bond donors (Lipinski definition) is 2. The molecule has 4 nitrogen and oxygen atoms in total. The van der Waals surface area contributed by atoms with E-state index in [9.17, 15) is 9.59 Å². The molecular formula is C15H20ClNO3S. The molecule has 0 spiro atoms. The van der Waals surface area contributed by atoms with Crippen molar-refractivity contribution in [3.8, 4) is 0 Å². The van der Waals surface area contributed by atoms with E-state index >= 15 is 0 Å². The highest BCUT2D eigenvalue weighted by Crippen LogP contribution is 2.24. The van der Waals surface area contributed by atoms with Crippen LogP contribution in [0.2, 0.25) is 5.02 Å². The summed E-state index contributed by atoms with van der Waals surface area (Å²) in [6.07, 6.45) is 2.13. The van der Waals surface area contributed by atoms with Crippen molar-refractivity contribution in [1.82, 2.24) is 5.32 Å². The Kier molecular flexibility index (Phi) is 7.61. The number of amides is 1. The summed E-state index contributed by atoms with van der Waals surface area (Å²) in [4.78, 5) is 24.1. The molecule has 2 N–H and O–H groups in total. The lowest BCUT2D eigenvalue weighted by atomic mass is 10.1. The van der Waals surface area contributed by atoms with Gasteiger partial charge in [0.25, 0.3) is 0 Å². The molecule has 2 atom stereocenters. The minimum atomic E-state index is -0.986. The number of nitrogens with one attached hydrogen (secondary N) is 1. The average molecular weight is 330 g/mol. The van der Waals surface area contributed by atoms with Gasteiger partial charge in [-0.05, 0) is 37.6 Å². The van der Waals surface area contributed by atoms with E-state index in [1.165, 1.54) is 11.8 Å². The van der Waals surface area contributed by atoms with Crippen LogP contribution in [0.25, 0.3) is 0 Å². The van der Waals surface area contributed by atoms with E-state index < -0.39 is 12.0 Å². The maximum absolute atomic E-state index is 12.1. The molecule has 0 radical (unpaired) electrons. The van der Waals surface area contributed by atoms with Gasteiger partial charge in [0.1, 0.15) is 6.04 Å². The van der Waals surface area contributed by atoms with Crippen LogP contribution in [0.4, 0.5) is 0 Å². The van der Waals surface area contributed by atoms with Crippen molar-refractivity contribution < 1.29 is 14.7 Å². The number of unbranched alkanes of at least 4 members (excludes halogenated alkanes) is 1. The van der Waals surface area contributed by atoms with Crippen LogP contribution < -0.4 is 5.32 Å². The van der Waals surface area contributed by atoms with Crippen LogP contribution in [0.1, 0.15) is 33.1 Å². The first kappa shape index (κ1) is 17.9. The predicted molar refractivity (Wildman–Crippen MR) is 85.9 cm³/mol. The summed E-state index contributed by atoms with van der Waals surface area (Å²) in [6.45, 7) is 3.74. The van der Waals surface area contributed by atoms with Gasteiger partial charge in [-0.1, -0.05) is 31.4 Å². The third-order valence-corrected chi connectivity index (χ3v) is 4.32. The third kappa shape index (κ3) is 6.40. The topological polar surface area (TPSA) is 66.4 Å². The van der Waals surface area contributed by atoms with Crippen LogP contribution >= 0.6 is 23.4 Å². The van der Waals surface area contributed by atoms with E-state index in [1.54, 1.807) is 19.1 Å². The highest BCUT2D eigenvalue weighted by atomic mass is 35.5. The van der Waals surface area contributed by atoms with Crippen molar-refractivity contribution in [3.05, 3.63) is 29.3 Å². The van der Waals surface area contributed by atoms with Crippen LogP contribution in [0, 0.1) is 0 Å². The van der Waals surface area contributed by atoms with E-state index in [2.05, 4.69) is 5.32 Å². The Morgan fingerprint density at radius 3 is 2.48 bits per heavy atom. The largest absolute Gasteiger partial charge is 0.480 e. The maximum Gasteiger partial charge on any atom is 0.326 e. The summed E-state index contributed by atoms with van der Waals surface area (Å²) in [5.74, 6) is -1.25. The van der Waals surface area contributed by atoms with Gasteiger partial charge in [-0.3, -0.25) is 4.79 Å². The van der Waals surface area contributed by atoms with Crippen LogP contribution in [0.3, 0.4) is 0 Å². The van der Waals surface area contributed by atoms with Crippen LogP contribution in [-0.4, -0.2) is 28.3 Å². The van der Waals surface area contributed by atoms with Crippen molar-refractivity contribution in [1.29, 1.82) is 0 Å². The van der Waals surface area contributed by atoms with Crippen molar-refractivity contribution in [2.24, 2.45) is 0 Å². The molecule has 0 saturated heterocycles. The lowest BCUT2D eigenvalue weighted by Gasteiger charge is -2.17. The monoisotopic (exact) mass is 329 g/mol. The molecule has 1 amide bonds. The highest BCUT2D eigenvalue weighted by Gasteiger charge is 2.22. The second-order valence-corrected chi connectivity index (χ2v) is 6.61. The number of carboxylic acid groups (broad SMARTS) is 1. The molecule has 1 aromatic carbocycles. The fraction of sp³-hybridized carbons (Fsp3) is 0.467. The molecule has 0 aliphatic carbocycles. The first-order chi connectivity index (χ1) is 9.93. The number of rotatable bonds is 8. The average Bonchev–Trinajstić information content (AvgIpc) is 2.45. The zero-order valence-corrected chi connectivity index (χ0v) is 13.7. The minimum Gasteiger partial charge on any atom is -0.480 e. The van der Waals surface area contributed by atoms with Gasteiger partial charge in [-0.15, -0.1) is 11.8 Å². The number of benzene rings is 1. The van der Waals surface area contributed by atoms with Gasteiger partial charge in [-0.25, -0.2) is 4.79 Å². The summed E-state index contributed by atoms with van der Waals surface area (Å²) in [5, 5.41) is 12.0. The molecule has 21 heavy (non-hydrogen) atoms. The summed E-state index contributed by atoms with van der Waals surface area (Å²) < 4.78 is 0. The van der Waals surface area contributed by atoms with E-state index in [-0.39, 0.29) is 11.2 Å². The van der Waals surface area contributed by atoms with Crippen molar-refractivity contribution >= 4 is 35.2 Å². The summed E-state index contributed by atoms with van der Waals surface area (Å²) in [7, 11) is 0. The highest BCUT2D eigenvalue weighted by molar-refractivity contribution is 8.00. The van der Waals surface area contributed by atoms with Gasteiger partial charge in [0.2, 0.25) is 5.91 Å². The Balaban J connectivity index is 2.56. The molecule has 0 aromatic heterocycles. The summed E-state index contributed by atoms with van der Waals surface area (Å²) in [5.41, 5.74) is 0. The lowest BCUT2D eigenvalue weighted by molar-refractivity contribution is -0.141. The van der Waals surface area contributed by atoms with Gasteiger partial charge < -0.3 is 10.4 Å². The molecule has 6 heteroatoms. The lowest BCUT2D eigenvalue weighted by Crippen LogP contribution is -2.43. The first-order valence-electron chi connectivity index (χ1n) is 6.89. The van der Waals surface area contributed by atoms with Crippen LogP contribution in [0.15, 0.2) is 29.2 Å². The van der Waals surface area contributed by atoms with Gasteiger partial charge in [0.15, 0.2) is 0 Å². The molecule has 116 valence electrons. The molecule has 0 saturated carbocycles. The van der Waals surface area contributed by atoms with Crippen molar-refractivity contribution in [2.75, 3.05) is 0 Å². The zero-order valence-electron chi connectivity index (χ0n) is 12.1. The van der Waals surface area contributed by atoms with Crippen molar-refractivity contribution in [3.63, 3.8) is 0 Å². The van der Waals surface area contributed by atoms with Crippen molar-refractivity contribution in [2.45, 2.75) is 49.3 Å². The quantitative estimate of drug-likeness (QED) is 0.715. The van der Waals surface area contributed by atoms with Crippen LogP contribution in [-0.2, 0) is 9.59 Å².